The number of hydrogen-bond acceptors (Lipinski definition) is 4. The van der Waals surface area contributed by atoms with Crippen molar-refractivity contribution < 1.29 is 23.5 Å². The lowest BCUT2D eigenvalue weighted by Gasteiger charge is -2.24. The van der Waals surface area contributed by atoms with Crippen molar-refractivity contribution in [1.29, 1.82) is 0 Å². The molecule has 0 aliphatic rings. The lowest BCUT2D eigenvalue weighted by molar-refractivity contribution is -0.135. The van der Waals surface area contributed by atoms with Crippen molar-refractivity contribution in [1.82, 2.24) is 0 Å². The van der Waals surface area contributed by atoms with E-state index in [2.05, 4.69) is 25.3 Å². The van der Waals surface area contributed by atoms with E-state index in [0.29, 0.717) is 5.75 Å². The lowest BCUT2D eigenvalue weighted by atomic mass is 9.84. The van der Waals surface area contributed by atoms with Crippen LogP contribution in [-0.2, 0) is 19.3 Å². The summed E-state index contributed by atoms with van der Waals surface area (Å²) in [7, 11) is -2.68. The molecule has 1 N–H and O–H groups in total. The van der Waals surface area contributed by atoms with Gasteiger partial charge < -0.3 is 4.74 Å². The van der Waals surface area contributed by atoms with Gasteiger partial charge in [-0.1, -0.05) is 38.5 Å². The molecule has 1 atom stereocenters. The van der Waals surface area contributed by atoms with Crippen LogP contribution in [0.4, 0.5) is 0 Å². The number of ether oxygens (including phenoxy) is 1. The Bertz CT molecular complexity index is 546. The van der Waals surface area contributed by atoms with Crippen molar-refractivity contribution in [2.75, 3.05) is 6.61 Å². The molecule has 116 valence electrons. The van der Waals surface area contributed by atoms with Crippen molar-refractivity contribution in [3.63, 3.8) is 0 Å². The van der Waals surface area contributed by atoms with Gasteiger partial charge in [-0.3, -0.25) is 4.79 Å². The number of benzene rings is 1. The fourth-order valence-corrected chi connectivity index (χ4v) is 2.27. The Morgan fingerprint density at radius 2 is 1.90 bits per heavy atom. The number of carbonyl (C=O) groups excluding carboxylic acids is 1. The summed E-state index contributed by atoms with van der Waals surface area (Å²) in [4.78, 5) is 20.3. The van der Waals surface area contributed by atoms with Gasteiger partial charge >= 0.3 is 14.2 Å². The van der Waals surface area contributed by atoms with Crippen molar-refractivity contribution in [3.8, 4) is 5.75 Å². The summed E-state index contributed by atoms with van der Waals surface area (Å²) in [5, 5.41) is 0. The summed E-state index contributed by atoms with van der Waals surface area (Å²) in [6.45, 7) is 9.92. The molecule has 0 aromatic heterocycles. The van der Waals surface area contributed by atoms with Gasteiger partial charge in [0.05, 0.1) is 6.42 Å². The average molecular weight is 313 g/mol. The number of rotatable bonds is 5. The maximum atomic E-state index is 11.8. The minimum absolute atomic E-state index is 0.0709. The van der Waals surface area contributed by atoms with Crippen LogP contribution in [0.1, 0.15) is 43.9 Å². The van der Waals surface area contributed by atoms with Crippen molar-refractivity contribution in [2.45, 2.75) is 46.5 Å². The van der Waals surface area contributed by atoms with Crippen LogP contribution in [0.25, 0.3) is 0 Å². The number of hydrogen-bond donors (Lipinski definition) is 1. The molecule has 6 heteroatoms. The second-order valence-corrected chi connectivity index (χ2v) is 6.74. The molecular formula is C15H22O5P+. The third-order valence-electron chi connectivity index (χ3n) is 2.95. The number of esters is 1. The quantitative estimate of drug-likeness (QED) is 0.511. The first-order valence-corrected chi connectivity index (χ1v) is 7.85. The van der Waals surface area contributed by atoms with E-state index in [1.54, 1.807) is 0 Å². The Balaban J connectivity index is 2.92. The molecule has 1 aromatic rings. The van der Waals surface area contributed by atoms with Gasteiger partial charge in [-0.25, -0.2) is 0 Å². The van der Waals surface area contributed by atoms with Crippen LogP contribution in [0, 0.1) is 13.8 Å². The van der Waals surface area contributed by atoms with E-state index in [-0.39, 0.29) is 18.4 Å². The molecule has 0 heterocycles. The van der Waals surface area contributed by atoms with Crippen LogP contribution in [0.2, 0.25) is 0 Å². The molecule has 0 saturated carbocycles. The fourth-order valence-electron chi connectivity index (χ4n) is 2.02. The van der Waals surface area contributed by atoms with Crippen molar-refractivity contribution >= 4 is 14.2 Å². The van der Waals surface area contributed by atoms with E-state index >= 15 is 0 Å². The van der Waals surface area contributed by atoms with E-state index in [1.807, 2.05) is 26.0 Å². The van der Waals surface area contributed by atoms with Gasteiger partial charge in [0.1, 0.15) is 12.4 Å². The van der Waals surface area contributed by atoms with Crippen molar-refractivity contribution in [3.05, 3.63) is 28.8 Å². The second kappa shape index (κ2) is 7.12. The van der Waals surface area contributed by atoms with Gasteiger partial charge in [0.2, 0.25) is 0 Å². The van der Waals surface area contributed by atoms with Crippen LogP contribution < -0.4 is 4.74 Å². The standard InChI is InChI=1S/C15H21O5P/c1-10-8-11(2)14(12(9-10)15(3,4)5)20-13(16)6-7-19-21(17)18/h8-9H,6-7H2,1-5H3/p+1. The second-order valence-electron chi connectivity index (χ2n) is 6.00. The van der Waals surface area contributed by atoms with Gasteiger partial charge in [-0.15, -0.1) is 9.42 Å². The third kappa shape index (κ3) is 5.54. The van der Waals surface area contributed by atoms with E-state index in [1.165, 1.54) is 0 Å². The highest BCUT2D eigenvalue weighted by Crippen LogP contribution is 2.35. The largest absolute Gasteiger partial charge is 0.694 e. The SMILES string of the molecule is Cc1cc(C)c(OC(=O)CCO[P+](=O)O)c(C(C)(C)C)c1. The average Bonchev–Trinajstić information content (AvgIpc) is 2.30. The summed E-state index contributed by atoms with van der Waals surface area (Å²) >= 11 is 0. The number of carbonyl (C=O) groups is 1. The van der Waals surface area contributed by atoms with E-state index in [0.717, 1.165) is 16.7 Å². The molecule has 5 nitrogen and oxygen atoms in total. The van der Waals surface area contributed by atoms with E-state index in [4.69, 9.17) is 9.63 Å². The summed E-state index contributed by atoms with van der Waals surface area (Å²) in [6, 6.07) is 3.97. The first-order valence-electron chi connectivity index (χ1n) is 6.72. The minimum atomic E-state index is -2.68. The highest BCUT2D eigenvalue weighted by atomic mass is 31.1. The highest BCUT2D eigenvalue weighted by molar-refractivity contribution is 7.32. The highest BCUT2D eigenvalue weighted by Gasteiger charge is 2.23. The topological polar surface area (TPSA) is 72.8 Å². The zero-order chi connectivity index (χ0) is 16.2. The Hall–Kier alpha value is -1.29. The van der Waals surface area contributed by atoms with Crippen LogP contribution >= 0.6 is 8.25 Å². The molecule has 0 aliphatic heterocycles. The molecule has 0 bridgehead atoms. The van der Waals surface area contributed by atoms with Gasteiger partial charge in [0.15, 0.2) is 0 Å². The van der Waals surface area contributed by atoms with Crippen LogP contribution in [0.15, 0.2) is 12.1 Å². The molecule has 0 saturated heterocycles. The molecule has 1 rings (SSSR count). The van der Waals surface area contributed by atoms with E-state index in [9.17, 15) is 9.36 Å². The van der Waals surface area contributed by atoms with Crippen LogP contribution in [-0.4, -0.2) is 17.5 Å². The Labute approximate surface area is 126 Å². The van der Waals surface area contributed by atoms with Gasteiger partial charge in [0.25, 0.3) is 0 Å². The predicted molar refractivity (Wildman–Crippen MR) is 80.6 cm³/mol. The molecule has 0 fully saturated rings. The minimum Gasteiger partial charge on any atom is -0.426 e. The summed E-state index contributed by atoms with van der Waals surface area (Å²) in [6.07, 6.45) is -0.0709. The van der Waals surface area contributed by atoms with Gasteiger partial charge in [-0.05, 0) is 24.8 Å². The molecule has 0 aliphatic carbocycles. The van der Waals surface area contributed by atoms with Crippen LogP contribution in [0.3, 0.4) is 0 Å². The molecule has 0 spiro atoms. The first kappa shape index (κ1) is 17.8. The maximum Gasteiger partial charge on any atom is 0.694 e. The summed E-state index contributed by atoms with van der Waals surface area (Å²) in [5.41, 5.74) is 2.81. The van der Waals surface area contributed by atoms with Gasteiger partial charge in [-0.2, -0.15) is 0 Å². The first-order chi connectivity index (χ1) is 9.61. The zero-order valence-corrected chi connectivity index (χ0v) is 14.0. The molecule has 21 heavy (non-hydrogen) atoms. The smallest absolute Gasteiger partial charge is 0.426 e. The Morgan fingerprint density at radius 3 is 2.43 bits per heavy atom. The van der Waals surface area contributed by atoms with Crippen molar-refractivity contribution in [2.24, 2.45) is 0 Å². The molecule has 1 unspecified atom stereocenters. The third-order valence-corrected chi connectivity index (χ3v) is 3.35. The molecule has 0 radical (unpaired) electrons. The lowest BCUT2D eigenvalue weighted by Crippen LogP contribution is -2.18. The predicted octanol–water partition coefficient (Wildman–Crippen LogP) is 3.56. The summed E-state index contributed by atoms with van der Waals surface area (Å²) in [5.74, 6) is 0.0794. The molecule has 1 aromatic carbocycles. The maximum absolute atomic E-state index is 11.8. The fraction of sp³-hybridized carbons (Fsp3) is 0.533. The normalized spacial score (nSPS) is 12.2. The van der Waals surface area contributed by atoms with E-state index < -0.39 is 14.2 Å². The monoisotopic (exact) mass is 313 g/mol. The number of aryl methyl sites for hydroxylation is 2. The molecule has 0 amide bonds. The summed E-state index contributed by atoms with van der Waals surface area (Å²) < 4.78 is 20.3. The zero-order valence-electron chi connectivity index (χ0n) is 13.1. The van der Waals surface area contributed by atoms with Gasteiger partial charge in [0, 0.05) is 10.1 Å². The Kier molecular flexibility index (Phi) is 6.02. The Morgan fingerprint density at radius 1 is 1.29 bits per heavy atom. The van der Waals surface area contributed by atoms with Crippen LogP contribution in [0.5, 0.6) is 5.75 Å². The molecular weight excluding hydrogens is 291 g/mol.